The van der Waals surface area contributed by atoms with Crippen molar-refractivity contribution < 1.29 is 45.4 Å². The third-order valence-electron chi connectivity index (χ3n) is 7.22. The van der Waals surface area contributed by atoms with E-state index in [0.717, 1.165) is 40.7 Å². The number of amides is 1. The Kier molecular flexibility index (Phi) is 7.45. The van der Waals surface area contributed by atoms with Crippen molar-refractivity contribution in [2.24, 2.45) is 0 Å². The van der Waals surface area contributed by atoms with Crippen LogP contribution in [0.15, 0.2) is 47.4 Å². The number of fused-ring (bicyclic) bond motifs is 1. The maximum Gasteiger partial charge on any atom is 0.421 e. The Labute approximate surface area is 223 Å². The molecule has 2 unspecified atom stereocenters. The highest BCUT2D eigenvalue weighted by Crippen LogP contribution is 2.43. The summed E-state index contributed by atoms with van der Waals surface area (Å²) in [5, 5.41) is 12.8. The van der Waals surface area contributed by atoms with Crippen LogP contribution < -0.4 is 9.62 Å². The number of alkyl carbamates (subject to hydrolysis) is 1. The molecule has 0 bridgehead atoms. The van der Waals surface area contributed by atoms with Gasteiger partial charge in [0.2, 0.25) is 0 Å². The number of hydrogen-bond donors (Lipinski definition) is 2. The monoisotopic (exact) mass is 572 g/mol. The number of hydrogen-bond acceptors (Lipinski definition) is 6. The highest BCUT2D eigenvalue weighted by Gasteiger charge is 2.51. The molecule has 8 nitrogen and oxygen atoms in total. The smallest absolute Gasteiger partial charge is 0.421 e. The first-order valence-electron chi connectivity index (χ1n) is 12.2. The number of cyclic esters (lactones) is 1. The Bertz CT molecular complexity index is 1380. The number of aliphatic hydroxyl groups is 1. The molecule has 0 spiro atoms. The average Bonchev–Trinajstić information content (AvgIpc) is 3.20. The average molecular weight is 573 g/mol. The van der Waals surface area contributed by atoms with Crippen LogP contribution in [0.3, 0.4) is 0 Å². The minimum absolute atomic E-state index is 0.0291. The van der Waals surface area contributed by atoms with Crippen molar-refractivity contribution in [1.82, 2.24) is 5.32 Å². The Morgan fingerprint density at radius 1 is 1.21 bits per heavy atom. The van der Waals surface area contributed by atoms with Gasteiger partial charge in [0, 0.05) is 12.8 Å². The van der Waals surface area contributed by atoms with Gasteiger partial charge in [-0.3, -0.25) is 9.10 Å². The number of carbonyl (C=O) groups is 2. The molecule has 0 aliphatic carbocycles. The second-order valence-electron chi connectivity index (χ2n) is 10.4. The molecule has 13 heteroatoms. The molecule has 0 aromatic heterocycles. The predicted molar refractivity (Wildman–Crippen MR) is 132 cm³/mol. The lowest BCUT2D eigenvalue weighted by molar-refractivity contribution is -0.258. The molecule has 1 amide bonds. The third-order valence-corrected chi connectivity index (χ3v) is 9.11. The van der Waals surface area contributed by atoms with Crippen LogP contribution >= 0.6 is 0 Å². The fourth-order valence-electron chi connectivity index (χ4n) is 4.79. The molecule has 2 N–H and O–H groups in total. The van der Waals surface area contributed by atoms with E-state index in [1.54, 1.807) is 6.92 Å². The number of rotatable bonds is 8. The van der Waals surface area contributed by atoms with E-state index >= 15 is 0 Å². The first-order valence-corrected chi connectivity index (χ1v) is 13.7. The standard InChI is InChI=1S/C26H28F4N2O6S/c1-24(15-38-23(34)31-24)12-11-20(33)14-19-7-3-16-13-17(25(2,35)26(28,29)30)4-10-22(16)32(19)39(36,37)21-8-5-18(27)6-9-21/h4-6,8-10,13,19,35H,3,7,11-12,14-15H2,1-2H3,(H,31,34)/t19-,24?,25?/m0/s1. The van der Waals surface area contributed by atoms with Crippen molar-refractivity contribution in [3.05, 3.63) is 59.4 Å². The molecule has 212 valence electrons. The van der Waals surface area contributed by atoms with Crippen LogP contribution in [0.1, 0.15) is 50.7 Å². The normalized spacial score (nSPS) is 23.0. The number of benzene rings is 2. The van der Waals surface area contributed by atoms with E-state index in [1.165, 1.54) is 6.07 Å². The highest BCUT2D eigenvalue weighted by atomic mass is 32.2. The summed E-state index contributed by atoms with van der Waals surface area (Å²) in [5.41, 5.74) is -4.02. The number of aryl methyl sites for hydroxylation is 1. The molecule has 2 aromatic rings. The maximum absolute atomic E-state index is 13.7. The van der Waals surface area contributed by atoms with Crippen molar-refractivity contribution in [2.75, 3.05) is 10.9 Å². The zero-order valence-corrected chi connectivity index (χ0v) is 22.0. The Balaban J connectivity index is 1.67. The van der Waals surface area contributed by atoms with Gasteiger partial charge >= 0.3 is 12.3 Å². The SMILES string of the molecule is CC1(CCC(=O)C[C@@H]2CCc3cc(C(C)(O)C(F)(F)F)ccc3N2S(=O)(=O)c2ccc(F)cc2)COC(=O)N1. The zero-order chi connectivity index (χ0) is 28.8. The summed E-state index contributed by atoms with van der Waals surface area (Å²) in [7, 11) is -4.36. The third kappa shape index (κ3) is 5.74. The van der Waals surface area contributed by atoms with E-state index in [2.05, 4.69) is 5.32 Å². The number of nitrogens with one attached hydrogen (secondary N) is 1. The van der Waals surface area contributed by atoms with Gasteiger partial charge < -0.3 is 15.2 Å². The van der Waals surface area contributed by atoms with Crippen LogP contribution in [-0.4, -0.2) is 49.8 Å². The van der Waals surface area contributed by atoms with Gasteiger partial charge in [0.25, 0.3) is 10.0 Å². The van der Waals surface area contributed by atoms with Crippen LogP contribution in [0.4, 0.5) is 28.0 Å². The number of halogens is 4. The maximum atomic E-state index is 13.7. The Morgan fingerprint density at radius 2 is 1.87 bits per heavy atom. The number of nitrogens with zero attached hydrogens (tertiary/aromatic N) is 1. The fourth-order valence-corrected chi connectivity index (χ4v) is 6.51. The quantitative estimate of drug-likeness (QED) is 0.455. The second kappa shape index (κ2) is 10.1. The molecule has 2 aliphatic heterocycles. The van der Waals surface area contributed by atoms with E-state index in [1.807, 2.05) is 0 Å². The van der Waals surface area contributed by atoms with Crippen molar-refractivity contribution in [3.63, 3.8) is 0 Å². The lowest BCUT2D eigenvalue weighted by atomic mass is 9.88. The molecule has 1 fully saturated rings. The highest BCUT2D eigenvalue weighted by molar-refractivity contribution is 7.92. The molecule has 2 heterocycles. The Hall–Kier alpha value is -3.19. The number of ketones is 1. The lowest BCUT2D eigenvalue weighted by Crippen LogP contribution is -2.45. The minimum atomic E-state index is -4.97. The molecular weight excluding hydrogens is 544 g/mol. The molecule has 1 saturated heterocycles. The zero-order valence-electron chi connectivity index (χ0n) is 21.2. The summed E-state index contributed by atoms with van der Waals surface area (Å²) in [5.74, 6) is -0.933. The number of anilines is 1. The topological polar surface area (TPSA) is 113 Å². The van der Waals surface area contributed by atoms with E-state index in [9.17, 15) is 40.7 Å². The van der Waals surface area contributed by atoms with E-state index in [4.69, 9.17) is 4.74 Å². The summed E-state index contributed by atoms with van der Waals surface area (Å²) in [6.07, 6.45) is -5.17. The molecule has 4 rings (SSSR count). The lowest BCUT2D eigenvalue weighted by Gasteiger charge is -2.38. The van der Waals surface area contributed by atoms with Crippen LogP contribution in [0, 0.1) is 5.82 Å². The van der Waals surface area contributed by atoms with Gasteiger partial charge in [-0.2, -0.15) is 13.2 Å². The first-order chi connectivity index (χ1) is 18.0. The fraction of sp³-hybridized carbons (Fsp3) is 0.462. The molecule has 39 heavy (non-hydrogen) atoms. The van der Waals surface area contributed by atoms with Crippen molar-refractivity contribution >= 4 is 27.6 Å². The number of alkyl halides is 3. The van der Waals surface area contributed by atoms with Crippen LogP contribution in [0.5, 0.6) is 0 Å². The number of Topliss-reactive ketones (excluding diaryl/α,β-unsaturated/α-hetero) is 1. The summed E-state index contributed by atoms with van der Waals surface area (Å²) in [6, 6.07) is 6.55. The molecule has 0 saturated carbocycles. The van der Waals surface area contributed by atoms with E-state index in [-0.39, 0.29) is 60.6 Å². The number of ether oxygens (including phenoxy) is 1. The van der Waals surface area contributed by atoms with Crippen molar-refractivity contribution in [3.8, 4) is 0 Å². The predicted octanol–water partition coefficient (Wildman–Crippen LogP) is 4.34. The van der Waals surface area contributed by atoms with Gasteiger partial charge in [0.05, 0.1) is 22.2 Å². The second-order valence-corrected chi connectivity index (χ2v) is 12.2. The number of carbonyl (C=O) groups excluding carboxylic acids is 2. The number of sulfonamides is 1. The molecule has 0 radical (unpaired) electrons. The molecule has 2 aliphatic rings. The van der Waals surface area contributed by atoms with Crippen molar-refractivity contribution in [2.45, 2.75) is 74.2 Å². The van der Waals surface area contributed by atoms with Crippen LogP contribution in [0.25, 0.3) is 0 Å². The van der Waals surface area contributed by atoms with E-state index in [0.29, 0.717) is 6.92 Å². The summed E-state index contributed by atoms with van der Waals surface area (Å²) in [4.78, 5) is 24.1. The largest absolute Gasteiger partial charge is 0.447 e. The van der Waals surface area contributed by atoms with Gasteiger partial charge in [-0.25, -0.2) is 17.6 Å². The van der Waals surface area contributed by atoms with Gasteiger partial charge in [-0.1, -0.05) is 12.1 Å². The van der Waals surface area contributed by atoms with Crippen LogP contribution in [0.2, 0.25) is 0 Å². The molecule has 3 atom stereocenters. The summed E-state index contributed by atoms with van der Waals surface area (Å²) in [6.45, 7) is 2.43. The van der Waals surface area contributed by atoms with Gasteiger partial charge in [-0.05, 0) is 74.6 Å². The summed E-state index contributed by atoms with van der Waals surface area (Å²) < 4.78 is 87.3. The minimum Gasteiger partial charge on any atom is -0.447 e. The van der Waals surface area contributed by atoms with Gasteiger partial charge in [0.1, 0.15) is 18.2 Å². The van der Waals surface area contributed by atoms with Gasteiger partial charge in [-0.15, -0.1) is 0 Å². The van der Waals surface area contributed by atoms with E-state index < -0.39 is 50.9 Å². The summed E-state index contributed by atoms with van der Waals surface area (Å²) >= 11 is 0. The molecular formula is C26H28F4N2O6S. The molecule has 2 aromatic carbocycles. The van der Waals surface area contributed by atoms with Crippen molar-refractivity contribution in [1.29, 1.82) is 0 Å². The Morgan fingerprint density at radius 3 is 2.46 bits per heavy atom. The van der Waals surface area contributed by atoms with Gasteiger partial charge in [0.15, 0.2) is 5.60 Å². The first kappa shape index (κ1) is 28.8. The van der Waals surface area contributed by atoms with Crippen LogP contribution in [-0.2, 0) is 31.6 Å².